The summed E-state index contributed by atoms with van der Waals surface area (Å²) in [5.74, 6) is 3.30. The summed E-state index contributed by atoms with van der Waals surface area (Å²) in [6.45, 7) is 3.74. The van der Waals surface area contributed by atoms with Crippen LogP contribution in [0.1, 0.15) is 30.3 Å². The van der Waals surface area contributed by atoms with Crippen molar-refractivity contribution in [2.45, 2.75) is 31.7 Å². The number of hydrogen-bond acceptors (Lipinski definition) is 7. The van der Waals surface area contributed by atoms with Gasteiger partial charge in [0.05, 0.1) is 17.1 Å². The van der Waals surface area contributed by atoms with Gasteiger partial charge in [-0.2, -0.15) is 5.10 Å². The standard InChI is InChI=1S/C19H21N7/c1-12-21-18-15(4-3-9-20-18)19(22-12)25(2)14-10-26(11-14)17-8-7-16(23-24-17)13-5-6-13/h3-4,7-9,13-14H,5-6,10-11H2,1-2H3. The monoisotopic (exact) mass is 347 g/mol. The van der Waals surface area contributed by atoms with Crippen LogP contribution in [-0.4, -0.2) is 51.3 Å². The molecule has 0 N–H and O–H groups in total. The molecule has 3 aromatic heterocycles. The average molecular weight is 347 g/mol. The Morgan fingerprint density at radius 3 is 2.65 bits per heavy atom. The summed E-state index contributed by atoms with van der Waals surface area (Å²) < 4.78 is 0. The molecule has 7 nitrogen and oxygen atoms in total. The maximum absolute atomic E-state index is 4.67. The molecule has 0 atom stereocenters. The molecule has 0 radical (unpaired) electrons. The predicted octanol–water partition coefficient (Wildman–Crippen LogP) is 2.33. The Labute approximate surface area is 152 Å². The molecular weight excluding hydrogens is 326 g/mol. The van der Waals surface area contributed by atoms with Crippen molar-refractivity contribution in [2.75, 3.05) is 29.9 Å². The van der Waals surface area contributed by atoms with Crippen LogP contribution < -0.4 is 9.80 Å². The van der Waals surface area contributed by atoms with Gasteiger partial charge in [-0.1, -0.05) is 0 Å². The maximum atomic E-state index is 4.67. The van der Waals surface area contributed by atoms with Gasteiger partial charge in [-0.15, -0.1) is 5.10 Å². The number of nitrogens with zero attached hydrogens (tertiary/aromatic N) is 7. The van der Waals surface area contributed by atoms with E-state index in [4.69, 9.17) is 0 Å². The van der Waals surface area contributed by atoms with Gasteiger partial charge >= 0.3 is 0 Å². The van der Waals surface area contributed by atoms with Crippen LogP contribution in [0.5, 0.6) is 0 Å². The van der Waals surface area contributed by atoms with E-state index in [1.807, 2.05) is 19.1 Å². The van der Waals surface area contributed by atoms with E-state index in [9.17, 15) is 0 Å². The molecule has 3 aromatic rings. The molecule has 0 aromatic carbocycles. The highest BCUT2D eigenvalue weighted by atomic mass is 15.4. The van der Waals surface area contributed by atoms with E-state index in [-0.39, 0.29) is 0 Å². The minimum Gasteiger partial charge on any atom is -0.352 e. The largest absolute Gasteiger partial charge is 0.352 e. The Morgan fingerprint density at radius 1 is 1.08 bits per heavy atom. The zero-order chi connectivity index (χ0) is 17.7. The maximum Gasteiger partial charge on any atom is 0.164 e. The molecule has 1 aliphatic carbocycles. The Morgan fingerprint density at radius 2 is 1.92 bits per heavy atom. The lowest BCUT2D eigenvalue weighted by Crippen LogP contribution is -2.59. The molecule has 0 bridgehead atoms. The number of likely N-dealkylation sites (N-methyl/N-ethyl adjacent to an activating group) is 1. The molecule has 132 valence electrons. The Balaban J connectivity index is 1.33. The van der Waals surface area contributed by atoms with E-state index in [0.29, 0.717) is 12.0 Å². The zero-order valence-electron chi connectivity index (χ0n) is 15.0. The molecule has 2 aliphatic rings. The first kappa shape index (κ1) is 15.4. The molecular formula is C19H21N7. The minimum absolute atomic E-state index is 0.387. The second-order valence-electron chi connectivity index (χ2n) is 7.23. The number of aromatic nitrogens is 5. The van der Waals surface area contributed by atoms with Crippen LogP contribution in [0.2, 0.25) is 0 Å². The van der Waals surface area contributed by atoms with Crippen LogP contribution in [-0.2, 0) is 0 Å². The highest BCUT2D eigenvalue weighted by molar-refractivity contribution is 5.87. The van der Waals surface area contributed by atoms with Gasteiger partial charge in [-0.25, -0.2) is 15.0 Å². The van der Waals surface area contributed by atoms with E-state index < -0.39 is 0 Å². The summed E-state index contributed by atoms with van der Waals surface area (Å²) in [5, 5.41) is 9.80. The normalized spacial score (nSPS) is 17.4. The van der Waals surface area contributed by atoms with Crippen LogP contribution in [0.3, 0.4) is 0 Å². The zero-order valence-corrected chi connectivity index (χ0v) is 15.0. The molecule has 1 saturated carbocycles. The van der Waals surface area contributed by atoms with E-state index in [2.05, 4.69) is 54.1 Å². The van der Waals surface area contributed by atoms with Crippen molar-refractivity contribution in [1.29, 1.82) is 0 Å². The fourth-order valence-corrected chi connectivity index (χ4v) is 3.48. The Bertz CT molecular complexity index is 946. The van der Waals surface area contributed by atoms with E-state index >= 15 is 0 Å². The van der Waals surface area contributed by atoms with Gasteiger partial charge in [0.2, 0.25) is 0 Å². The number of rotatable bonds is 4. The van der Waals surface area contributed by atoms with Gasteiger partial charge in [0.1, 0.15) is 11.6 Å². The van der Waals surface area contributed by atoms with E-state index in [1.165, 1.54) is 12.8 Å². The van der Waals surface area contributed by atoms with Crippen molar-refractivity contribution in [1.82, 2.24) is 25.1 Å². The van der Waals surface area contributed by atoms with E-state index in [0.717, 1.165) is 47.3 Å². The summed E-state index contributed by atoms with van der Waals surface area (Å²) in [7, 11) is 2.10. The summed E-state index contributed by atoms with van der Waals surface area (Å²) in [6.07, 6.45) is 4.28. The molecule has 7 heteroatoms. The second-order valence-corrected chi connectivity index (χ2v) is 7.23. The van der Waals surface area contributed by atoms with Crippen molar-refractivity contribution in [3.05, 3.63) is 42.0 Å². The fourth-order valence-electron chi connectivity index (χ4n) is 3.48. The highest BCUT2D eigenvalue weighted by Crippen LogP contribution is 2.39. The van der Waals surface area contributed by atoms with Crippen molar-refractivity contribution in [3.8, 4) is 0 Å². The first-order valence-electron chi connectivity index (χ1n) is 9.10. The molecule has 0 spiro atoms. The average Bonchev–Trinajstić information content (AvgIpc) is 3.45. The fraction of sp³-hybridized carbons (Fsp3) is 0.421. The van der Waals surface area contributed by atoms with Gasteiger partial charge < -0.3 is 9.80 Å². The third-order valence-electron chi connectivity index (χ3n) is 5.30. The van der Waals surface area contributed by atoms with Crippen LogP contribution in [0.15, 0.2) is 30.5 Å². The predicted molar refractivity (Wildman–Crippen MR) is 100 cm³/mol. The third-order valence-corrected chi connectivity index (χ3v) is 5.30. The lowest BCUT2D eigenvalue weighted by Gasteiger charge is -2.45. The van der Waals surface area contributed by atoms with Gasteiger partial charge in [-0.05, 0) is 44.0 Å². The summed E-state index contributed by atoms with van der Waals surface area (Å²) >= 11 is 0. The summed E-state index contributed by atoms with van der Waals surface area (Å²) in [6, 6.07) is 8.58. The number of pyridine rings is 1. The molecule has 1 saturated heterocycles. The van der Waals surface area contributed by atoms with Crippen molar-refractivity contribution in [3.63, 3.8) is 0 Å². The molecule has 4 heterocycles. The van der Waals surface area contributed by atoms with Crippen molar-refractivity contribution >= 4 is 22.7 Å². The lowest BCUT2D eigenvalue weighted by molar-refractivity contribution is 0.488. The SMILES string of the molecule is Cc1nc(N(C)C2CN(c3ccc(C4CC4)nn3)C2)c2cccnc2n1. The number of anilines is 2. The lowest BCUT2D eigenvalue weighted by atomic mass is 10.1. The van der Waals surface area contributed by atoms with Gasteiger partial charge in [0.25, 0.3) is 0 Å². The highest BCUT2D eigenvalue weighted by Gasteiger charge is 2.33. The van der Waals surface area contributed by atoms with Crippen molar-refractivity contribution < 1.29 is 0 Å². The number of hydrogen-bond donors (Lipinski definition) is 0. The molecule has 5 rings (SSSR count). The quantitative estimate of drug-likeness (QED) is 0.717. The first-order chi connectivity index (χ1) is 12.7. The van der Waals surface area contributed by atoms with Crippen LogP contribution in [0, 0.1) is 6.92 Å². The molecule has 1 aliphatic heterocycles. The molecule has 0 amide bonds. The van der Waals surface area contributed by atoms with Crippen LogP contribution >= 0.6 is 0 Å². The Kier molecular flexibility index (Phi) is 3.48. The third kappa shape index (κ3) is 2.64. The van der Waals surface area contributed by atoms with Gasteiger partial charge in [0, 0.05) is 32.3 Å². The van der Waals surface area contributed by atoms with Crippen molar-refractivity contribution in [2.24, 2.45) is 0 Å². The first-order valence-corrected chi connectivity index (χ1v) is 9.10. The van der Waals surface area contributed by atoms with Gasteiger partial charge in [-0.3, -0.25) is 0 Å². The molecule has 0 unspecified atom stereocenters. The Hall–Kier alpha value is -2.83. The smallest absolute Gasteiger partial charge is 0.164 e. The second kappa shape index (κ2) is 5.86. The van der Waals surface area contributed by atoms with E-state index in [1.54, 1.807) is 6.20 Å². The van der Waals surface area contributed by atoms with Gasteiger partial charge in [0.15, 0.2) is 11.5 Å². The minimum atomic E-state index is 0.387. The molecule has 26 heavy (non-hydrogen) atoms. The summed E-state index contributed by atoms with van der Waals surface area (Å²) in [4.78, 5) is 18.0. The topological polar surface area (TPSA) is 70.9 Å². The number of fused-ring (bicyclic) bond motifs is 1. The number of aryl methyl sites for hydroxylation is 1. The molecule has 2 fully saturated rings. The van der Waals surface area contributed by atoms with Crippen LogP contribution in [0.4, 0.5) is 11.6 Å². The van der Waals surface area contributed by atoms with Crippen LogP contribution in [0.25, 0.3) is 11.0 Å². The summed E-state index contributed by atoms with van der Waals surface area (Å²) in [5.41, 5.74) is 1.89.